The molecule has 0 saturated carbocycles. The monoisotopic (exact) mass is 215 g/mol. The lowest BCUT2D eigenvalue weighted by atomic mass is 10.2. The van der Waals surface area contributed by atoms with Crippen LogP contribution in [0.5, 0.6) is 0 Å². The Labute approximate surface area is 91.5 Å². The molecule has 1 atom stereocenters. The number of hydrogen-bond acceptors (Lipinski definition) is 3. The zero-order chi connectivity index (χ0) is 11.9. The quantitative estimate of drug-likeness (QED) is 0.622. The fraction of sp³-hybridized carbons (Fsp3) is 0.909. The van der Waals surface area contributed by atoms with Crippen LogP contribution in [-0.2, 0) is 9.47 Å². The van der Waals surface area contributed by atoms with Crippen LogP contribution in [0.15, 0.2) is 0 Å². The highest BCUT2D eigenvalue weighted by Crippen LogP contribution is 2.28. The highest BCUT2D eigenvalue weighted by atomic mass is 16.6. The van der Waals surface area contributed by atoms with Crippen molar-refractivity contribution in [3.8, 4) is 0 Å². The molecule has 0 aromatic rings. The van der Waals surface area contributed by atoms with Gasteiger partial charge in [0.25, 0.3) is 0 Å². The van der Waals surface area contributed by atoms with E-state index < -0.39 is 11.3 Å². The zero-order valence-corrected chi connectivity index (χ0v) is 10.5. The molecule has 1 rings (SSSR count). The first-order chi connectivity index (χ1) is 6.63. The smallest absolute Gasteiger partial charge is 0.412 e. The summed E-state index contributed by atoms with van der Waals surface area (Å²) < 4.78 is 10.9. The van der Waals surface area contributed by atoms with Crippen LogP contribution in [0.2, 0.25) is 0 Å². The van der Waals surface area contributed by atoms with Gasteiger partial charge in [0, 0.05) is 0 Å². The van der Waals surface area contributed by atoms with E-state index in [1.165, 1.54) is 0 Å². The molecule has 0 radical (unpaired) electrons. The maximum Gasteiger partial charge on any atom is 0.412 e. The van der Waals surface area contributed by atoms with Crippen molar-refractivity contribution in [2.75, 3.05) is 6.61 Å². The Bertz CT molecular complexity index is 255. The fourth-order valence-corrected chi connectivity index (χ4v) is 1.71. The number of hydrogen-bond donors (Lipinski definition) is 0. The second-order valence-electron chi connectivity index (χ2n) is 5.46. The van der Waals surface area contributed by atoms with Crippen molar-refractivity contribution in [2.24, 2.45) is 0 Å². The van der Waals surface area contributed by atoms with Crippen LogP contribution >= 0.6 is 0 Å². The van der Waals surface area contributed by atoms with E-state index in [0.29, 0.717) is 6.61 Å². The minimum absolute atomic E-state index is 0.0647. The van der Waals surface area contributed by atoms with E-state index >= 15 is 0 Å². The van der Waals surface area contributed by atoms with Gasteiger partial charge in [0.05, 0.1) is 12.6 Å². The van der Waals surface area contributed by atoms with Gasteiger partial charge in [-0.2, -0.15) is 0 Å². The standard InChI is InChI=1S/C11H21NO3/c1-8-7-14-11(5,6)12(8)9(13)15-10(2,3)4/h8H,7H2,1-6H3/t8-/m1/s1. The third kappa shape index (κ3) is 2.84. The van der Waals surface area contributed by atoms with Gasteiger partial charge >= 0.3 is 6.09 Å². The van der Waals surface area contributed by atoms with Crippen LogP contribution in [0.25, 0.3) is 0 Å². The molecule has 1 aliphatic heterocycles. The molecule has 0 aromatic heterocycles. The number of nitrogens with zero attached hydrogens (tertiary/aromatic N) is 1. The molecule has 1 heterocycles. The summed E-state index contributed by atoms with van der Waals surface area (Å²) in [6.07, 6.45) is -0.308. The predicted octanol–water partition coefficient (Wildman–Crippen LogP) is 2.38. The Hall–Kier alpha value is -0.770. The molecule has 0 bridgehead atoms. The maximum atomic E-state index is 11.9. The van der Waals surface area contributed by atoms with E-state index in [4.69, 9.17) is 9.47 Å². The lowest BCUT2D eigenvalue weighted by molar-refractivity contribution is -0.0618. The summed E-state index contributed by atoms with van der Waals surface area (Å²) in [5.74, 6) is 0. The molecule has 4 heteroatoms. The Morgan fingerprint density at radius 2 is 2.00 bits per heavy atom. The molecule has 0 unspecified atom stereocenters. The molecule has 1 fully saturated rings. The maximum absolute atomic E-state index is 11.9. The molecule has 0 aromatic carbocycles. The number of amides is 1. The van der Waals surface area contributed by atoms with Gasteiger partial charge in [-0.3, -0.25) is 4.90 Å². The average Bonchev–Trinajstić information content (AvgIpc) is 2.21. The molecule has 0 aliphatic carbocycles. The van der Waals surface area contributed by atoms with Crippen LogP contribution in [0.1, 0.15) is 41.5 Å². The molecule has 0 spiro atoms. The summed E-state index contributed by atoms with van der Waals surface area (Å²) >= 11 is 0. The first-order valence-electron chi connectivity index (χ1n) is 5.30. The summed E-state index contributed by atoms with van der Waals surface area (Å²) in [6, 6.07) is 0.0647. The minimum Gasteiger partial charge on any atom is -0.444 e. The first-order valence-corrected chi connectivity index (χ1v) is 5.30. The fourth-order valence-electron chi connectivity index (χ4n) is 1.71. The number of carbonyl (C=O) groups excluding carboxylic acids is 1. The molecular weight excluding hydrogens is 194 g/mol. The van der Waals surface area contributed by atoms with E-state index in [1.54, 1.807) is 4.90 Å². The van der Waals surface area contributed by atoms with Crippen molar-refractivity contribution in [1.29, 1.82) is 0 Å². The van der Waals surface area contributed by atoms with Crippen LogP contribution < -0.4 is 0 Å². The minimum atomic E-state index is -0.568. The van der Waals surface area contributed by atoms with Gasteiger partial charge in [-0.1, -0.05) is 0 Å². The second kappa shape index (κ2) is 3.67. The summed E-state index contributed by atoms with van der Waals surface area (Å²) in [5, 5.41) is 0. The third-order valence-electron chi connectivity index (χ3n) is 2.29. The van der Waals surface area contributed by atoms with Crippen molar-refractivity contribution in [3.63, 3.8) is 0 Å². The van der Waals surface area contributed by atoms with Crippen LogP contribution in [0.4, 0.5) is 4.79 Å². The predicted molar refractivity (Wildman–Crippen MR) is 57.6 cm³/mol. The highest BCUT2D eigenvalue weighted by Gasteiger charge is 2.43. The van der Waals surface area contributed by atoms with E-state index in [-0.39, 0.29) is 12.1 Å². The molecule has 15 heavy (non-hydrogen) atoms. The Kier molecular flexibility index (Phi) is 3.01. The van der Waals surface area contributed by atoms with Crippen molar-refractivity contribution in [3.05, 3.63) is 0 Å². The molecule has 88 valence electrons. The van der Waals surface area contributed by atoms with Crippen molar-refractivity contribution in [2.45, 2.75) is 58.9 Å². The van der Waals surface area contributed by atoms with Crippen molar-refractivity contribution < 1.29 is 14.3 Å². The highest BCUT2D eigenvalue weighted by molar-refractivity contribution is 5.69. The lowest BCUT2D eigenvalue weighted by Crippen LogP contribution is -2.48. The molecule has 1 saturated heterocycles. The van der Waals surface area contributed by atoms with Gasteiger partial charge < -0.3 is 9.47 Å². The SMILES string of the molecule is C[C@@H]1COC(C)(C)N1C(=O)OC(C)(C)C. The summed E-state index contributed by atoms with van der Waals surface area (Å²) in [5.41, 5.74) is -1.03. The number of ether oxygens (including phenoxy) is 2. The van der Waals surface area contributed by atoms with Crippen LogP contribution in [0, 0.1) is 0 Å². The Morgan fingerprint density at radius 3 is 2.33 bits per heavy atom. The third-order valence-corrected chi connectivity index (χ3v) is 2.29. The van der Waals surface area contributed by atoms with Crippen LogP contribution in [-0.4, -0.2) is 35.0 Å². The summed E-state index contributed by atoms with van der Waals surface area (Å²) in [7, 11) is 0. The van der Waals surface area contributed by atoms with Gasteiger partial charge in [0.1, 0.15) is 11.3 Å². The van der Waals surface area contributed by atoms with Crippen molar-refractivity contribution in [1.82, 2.24) is 4.90 Å². The first kappa shape index (κ1) is 12.3. The number of carbonyl (C=O) groups is 1. The van der Waals surface area contributed by atoms with Gasteiger partial charge in [-0.25, -0.2) is 4.79 Å². The topological polar surface area (TPSA) is 38.8 Å². The van der Waals surface area contributed by atoms with E-state index in [2.05, 4.69) is 0 Å². The second-order valence-corrected chi connectivity index (χ2v) is 5.46. The summed E-state index contributed by atoms with van der Waals surface area (Å²) in [4.78, 5) is 13.6. The van der Waals surface area contributed by atoms with E-state index in [0.717, 1.165) is 0 Å². The Morgan fingerprint density at radius 1 is 1.47 bits per heavy atom. The van der Waals surface area contributed by atoms with Gasteiger partial charge in [-0.15, -0.1) is 0 Å². The lowest BCUT2D eigenvalue weighted by Gasteiger charge is -2.34. The average molecular weight is 215 g/mol. The molecule has 1 aliphatic rings. The van der Waals surface area contributed by atoms with E-state index in [1.807, 2.05) is 41.5 Å². The molecule has 0 N–H and O–H groups in total. The Balaban J connectivity index is 2.74. The van der Waals surface area contributed by atoms with Crippen molar-refractivity contribution >= 4 is 6.09 Å². The molecular formula is C11H21NO3. The van der Waals surface area contributed by atoms with Gasteiger partial charge in [0.15, 0.2) is 0 Å². The number of rotatable bonds is 0. The molecule has 4 nitrogen and oxygen atoms in total. The normalized spacial score (nSPS) is 25.5. The largest absolute Gasteiger partial charge is 0.444 e. The summed E-state index contributed by atoms with van der Waals surface area (Å²) in [6.45, 7) is 11.9. The van der Waals surface area contributed by atoms with Crippen LogP contribution in [0.3, 0.4) is 0 Å². The molecule has 1 amide bonds. The van der Waals surface area contributed by atoms with E-state index in [9.17, 15) is 4.79 Å². The van der Waals surface area contributed by atoms with Gasteiger partial charge in [0.2, 0.25) is 0 Å². The zero-order valence-electron chi connectivity index (χ0n) is 10.5. The van der Waals surface area contributed by atoms with Gasteiger partial charge in [-0.05, 0) is 41.5 Å².